The Hall–Kier alpha value is -0.470. The van der Waals surface area contributed by atoms with E-state index in [0.717, 1.165) is 18.5 Å². The maximum absolute atomic E-state index is 13.3. The summed E-state index contributed by atoms with van der Waals surface area (Å²) >= 11 is 6.28. The number of halogens is 1. The molecule has 1 aromatic carbocycles. The number of hydrogen-bond donors (Lipinski definition) is 3. The number of phosphoric acid groups is 1. The zero-order valence-electron chi connectivity index (χ0n) is 23.4. The average molecular weight is 626 g/mol. The topological polar surface area (TPSA) is 172 Å². The number of piperidine rings is 1. The first-order valence-corrected chi connectivity index (χ1v) is 14.8. The number of aliphatic hydroxyl groups excluding tert-OH is 1. The maximum Gasteiger partial charge on any atom is 1.00 e. The number of anilines is 2. The van der Waals surface area contributed by atoms with Gasteiger partial charge in [-0.3, -0.25) is 4.79 Å². The number of carbonyl (C=O) groups is 1. The van der Waals surface area contributed by atoms with Crippen molar-refractivity contribution in [3.8, 4) is 5.75 Å². The van der Waals surface area contributed by atoms with Gasteiger partial charge in [0.1, 0.15) is 17.1 Å². The van der Waals surface area contributed by atoms with E-state index >= 15 is 0 Å². The predicted octanol–water partition coefficient (Wildman–Crippen LogP) is -4.54. The molecule has 3 N–H and O–H groups in total. The molecule has 0 bridgehead atoms. The van der Waals surface area contributed by atoms with Gasteiger partial charge >= 0.3 is 59.1 Å². The van der Waals surface area contributed by atoms with Crippen LogP contribution in [-0.4, -0.2) is 59.4 Å². The second kappa shape index (κ2) is 15.0. The summed E-state index contributed by atoms with van der Waals surface area (Å²) in [6.07, 6.45) is 3.55. The number of aliphatic hydroxyl groups is 1. The molecule has 2 heterocycles. The molecule has 3 aliphatic rings. The van der Waals surface area contributed by atoms with Crippen molar-refractivity contribution in [3.05, 3.63) is 40.5 Å². The van der Waals surface area contributed by atoms with Crippen molar-refractivity contribution in [2.75, 3.05) is 30.5 Å². The molecule has 12 nitrogen and oxygen atoms in total. The van der Waals surface area contributed by atoms with Crippen LogP contribution >= 0.6 is 19.4 Å². The van der Waals surface area contributed by atoms with E-state index in [0.29, 0.717) is 66.6 Å². The van der Waals surface area contributed by atoms with E-state index in [2.05, 4.69) is 20.1 Å². The van der Waals surface area contributed by atoms with E-state index in [9.17, 15) is 24.3 Å². The van der Waals surface area contributed by atoms with Gasteiger partial charge in [-0.25, -0.2) is 4.98 Å². The minimum atomic E-state index is -5.05. The Morgan fingerprint density at radius 2 is 1.98 bits per heavy atom. The smallest absolute Gasteiger partial charge is 0.790 e. The molecule has 1 amide bonds. The number of methoxy groups -OCH3 is 1. The Kier molecular flexibility index (Phi) is 12.8. The van der Waals surface area contributed by atoms with Crippen LogP contribution in [0.1, 0.15) is 48.0 Å². The number of rotatable bonds is 10. The molecule has 3 unspecified atom stereocenters. The van der Waals surface area contributed by atoms with E-state index in [-0.39, 0.29) is 89.3 Å². The molecular weight excluding hydrogens is 595 g/mol. The summed E-state index contributed by atoms with van der Waals surface area (Å²) in [6, 6.07) is 5.14. The van der Waals surface area contributed by atoms with Gasteiger partial charge in [0.05, 0.1) is 38.7 Å². The van der Waals surface area contributed by atoms with E-state index in [1.807, 2.05) is 11.0 Å². The first-order valence-electron chi connectivity index (χ1n) is 13.0. The van der Waals surface area contributed by atoms with E-state index < -0.39 is 13.9 Å². The molecule has 1 aliphatic heterocycles. The van der Waals surface area contributed by atoms with Crippen molar-refractivity contribution in [1.82, 2.24) is 15.3 Å². The van der Waals surface area contributed by atoms with Gasteiger partial charge in [0.15, 0.2) is 0 Å². The van der Waals surface area contributed by atoms with Gasteiger partial charge in [-0.2, -0.15) is 4.98 Å². The van der Waals surface area contributed by atoms with Crippen LogP contribution in [-0.2, 0) is 15.6 Å². The van der Waals surface area contributed by atoms with Gasteiger partial charge in [0.25, 0.3) is 5.91 Å². The second-order valence-electron chi connectivity index (χ2n) is 10.3. The van der Waals surface area contributed by atoms with E-state index in [4.69, 9.17) is 21.3 Å². The van der Waals surface area contributed by atoms with Crippen LogP contribution in [0.15, 0.2) is 24.4 Å². The molecule has 212 valence electrons. The third-order valence-corrected chi connectivity index (χ3v) is 8.58. The number of carbonyl (C=O) groups excluding carboxylic acids is 1. The number of phosphoric ester groups is 1. The van der Waals surface area contributed by atoms with Crippen molar-refractivity contribution < 1.29 is 92.6 Å². The molecule has 1 aromatic heterocycles. The third kappa shape index (κ3) is 8.80. The minimum Gasteiger partial charge on any atom is -0.790 e. The van der Waals surface area contributed by atoms with Gasteiger partial charge in [-0.15, -0.1) is 0 Å². The van der Waals surface area contributed by atoms with E-state index in [1.165, 1.54) is 6.20 Å². The molecule has 16 heteroatoms. The second-order valence-corrected chi connectivity index (χ2v) is 11.8. The fourth-order valence-electron chi connectivity index (χ4n) is 5.61. The van der Waals surface area contributed by atoms with Crippen LogP contribution in [0.4, 0.5) is 11.8 Å². The number of ether oxygens (including phenoxy) is 1. The molecule has 3 atom stereocenters. The summed E-state index contributed by atoms with van der Waals surface area (Å²) < 4.78 is 20.7. The summed E-state index contributed by atoms with van der Waals surface area (Å²) in [5.41, 5.74) is 1.11. The summed E-state index contributed by atoms with van der Waals surface area (Å²) in [5.74, 6) is 1.95. The van der Waals surface area contributed by atoms with Crippen LogP contribution in [0, 0.1) is 11.8 Å². The van der Waals surface area contributed by atoms with Crippen molar-refractivity contribution in [1.29, 1.82) is 0 Å². The zero-order chi connectivity index (χ0) is 27.7. The monoisotopic (exact) mass is 625 g/mol. The molecule has 1 saturated heterocycles. The van der Waals surface area contributed by atoms with Gasteiger partial charge in [-0.05, 0) is 61.6 Å². The van der Waals surface area contributed by atoms with Gasteiger partial charge in [0, 0.05) is 25.3 Å². The zero-order valence-corrected chi connectivity index (χ0v) is 29.1. The largest absolute Gasteiger partial charge is 1.00 e. The number of benzene rings is 1. The Balaban J connectivity index is 0.00000231. The Morgan fingerprint density at radius 3 is 2.61 bits per heavy atom. The Morgan fingerprint density at radius 1 is 1.24 bits per heavy atom. The molecule has 3 fully saturated rings. The summed E-state index contributed by atoms with van der Waals surface area (Å²) in [5, 5.41) is 16.6. The van der Waals surface area contributed by atoms with Crippen LogP contribution < -0.4 is 89.2 Å². The van der Waals surface area contributed by atoms with Crippen LogP contribution in [0.2, 0.25) is 5.02 Å². The number of nitrogens with zero attached hydrogens (tertiary/aromatic N) is 3. The first kappa shape index (κ1) is 35.0. The Bertz CT molecular complexity index is 1270. The Labute approximate surface area is 288 Å². The van der Waals surface area contributed by atoms with Gasteiger partial charge in [0.2, 0.25) is 5.95 Å². The predicted molar refractivity (Wildman–Crippen MR) is 139 cm³/mol. The molecule has 0 radical (unpaired) electrons. The van der Waals surface area contributed by atoms with Gasteiger partial charge < -0.3 is 44.3 Å². The quantitative estimate of drug-likeness (QED) is 0.172. The number of nitrogens with one attached hydrogen (secondary N) is 2. The summed E-state index contributed by atoms with van der Waals surface area (Å²) in [4.78, 5) is 46.3. The molecule has 41 heavy (non-hydrogen) atoms. The average Bonchev–Trinajstić information content (AvgIpc) is 3.57. The van der Waals surface area contributed by atoms with E-state index in [1.54, 1.807) is 19.2 Å². The normalized spacial score (nSPS) is 24.9. The molecule has 2 saturated carbocycles. The van der Waals surface area contributed by atoms with Crippen LogP contribution in [0.5, 0.6) is 5.75 Å². The molecule has 2 aliphatic carbocycles. The first-order chi connectivity index (χ1) is 18.6. The molecule has 2 aromatic rings. The van der Waals surface area contributed by atoms with Crippen molar-refractivity contribution in [3.63, 3.8) is 0 Å². The van der Waals surface area contributed by atoms with Gasteiger partial charge in [-0.1, -0.05) is 17.7 Å². The van der Waals surface area contributed by atoms with Crippen molar-refractivity contribution in [2.45, 2.75) is 56.8 Å². The molecular formula is C25H31ClN5Na2O7P. The molecule has 0 spiro atoms. The maximum atomic E-state index is 13.3. The van der Waals surface area contributed by atoms with Crippen molar-refractivity contribution in [2.24, 2.45) is 11.8 Å². The standard InChI is InChI=1S/C25H33ClN5O7P.2Na/c1-37-22-7-2-14(8-20(22)26)10-27-23-19(11-28-25(30-23)31-12-15-9-18(15)21(31)13-32)24(33)29-16-3-5-17(6-4-16)38-39(34,35)36;;/h2,7-8,11,15-18,21,32H,3-6,9-10,12-13H2,1H3,(H,29,33)(H,27,28,30)(H2,34,35,36);;/q;2*+1/p-2. The van der Waals surface area contributed by atoms with Crippen LogP contribution in [0.3, 0.4) is 0 Å². The minimum absolute atomic E-state index is 0. The SMILES string of the molecule is COc1ccc(CNc2nc(N3CC4CC4C3CO)ncc2C(=O)NC2CCC(OP(=O)([O-])[O-])CC2)cc1Cl.[Na+].[Na+]. The number of amides is 1. The number of hydrogen-bond acceptors (Lipinski definition) is 11. The van der Waals surface area contributed by atoms with Crippen LogP contribution in [0.25, 0.3) is 0 Å². The molecule has 5 rings (SSSR count). The fraction of sp³-hybridized carbons (Fsp3) is 0.560. The van der Waals surface area contributed by atoms with Crippen molar-refractivity contribution >= 4 is 37.1 Å². The fourth-order valence-corrected chi connectivity index (χ4v) is 6.47. The number of fused-ring (bicyclic) bond motifs is 1. The summed E-state index contributed by atoms with van der Waals surface area (Å²) in [6.45, 7) is 1.11. The summed E-state index contributed by atoms with van der Waals surface area (Å²) in [7, 11) is -3.50. The third-order valence-electron chi connectivity index (χ3n) is 7.73. The number of aromatic nitrogens is 2.